The maximum absolute atomic E-state index is 13.2. The molecule has 31 heavy (non-hydrogen) atoms. The third-order valence-electron chi connectivity index (χ3n) is 6.44. The molecule has 2 atom stereocenters. The van der Waals surface area contributed by atoms with Crippen LogP contribution in [0.2, 0.25) is 0 Å². The van der Waals surface area contributed by atoms with Crippen LogP contribution in [0.15, 0.2) is 34.1 Å². The lowest BCUT2D eigenvalue weighted by Gasteiger charge is -2.29. The van der Waals surface area contributed by atoms with Crippen molar-refractivity contribution in [2.45, 2.75) is 43.5 Å². The molecule has 0 radical (unpaired) electrons. The van der Waals surface area contributed by atoms with Gasteiger partial charge in [0, 0.05) is 37.8 Å². The zero-order valence-electron chi connectivity index (χ0n) is 18.0. The average molecular weight is 448 g/mol. The monoisotopic (exact) mass is 447 g/mol. The number of morpholine rings is 1. The first-order valence-corrected chi connectivity index (χ1v) is 12.2. The molecule has 2 aromatic rings. The van der Waals surface area contributed by atoms with E-state index in [0.717, 1.165) is 25.7 Å². The van der Waals surface area contributed by atoms with Gasteiger partial charge >= 0.3 is 0 Å². The molecule has 168 valence electrons. The van der Waals surface area contributed by atoms with E-state index in [1.165, 1.54) is 22.6 Å². The molecular formula is C22H29N3O5S. The third-order valence-corrected chi connectivity index (χ3v) is 8.34. The lowest BCUT2D eigenvalue weighted by atomic mass is 9.86. The number of nitrogens with one attached hydrogen (secondary N) is 1. The largest absolute Gasteiger partial charge is 0.379 e. The first kappa shape index (κ1) is 22.0. The molecule has 1 aliphatic carbocycles. The SMILES string of the molecule is C[C@@H]1CCCC[C@H]1NC(=O)c1cn(C)c2ccc(S(=O)(=O)N3CCOCC3)cc2c1=O. The second kappa shape index (κ2) is 8.72. The Labute approximate surface area is 182 Å². The molecule has 1 saturated carbocycles. The van der Waals surface area contributed by atoms with E-state index in [0.29, 0.717) is 24.6 Å². The summed E-state index contributed by atoms with van der Waals surface area (Å²) in [6, 6.07) is 4.57. The summed E-state index contributed by atoms with van der Waals surface area (Å²) in [7, 11) is -1.99. The number of sulfonamides is 1. The summed E-state index contributed by atoms with van der Waals surface area (Å²) in [6.45, 7) is 3.36. The number of nitrogens with zero attached hydrogens (tertiary/aromatic N) is 2. The summed E-state index contributed by atoms with van der Waals surface area (Å²) in [4.78, 5) is 26.2. The van der Waals surface area contributed by atoms with Crippen molar-refractivity contribution in [3.8, 4) is 0 Å². The molecule has 2 fully saturated rings. The molecule has 1 saturated heterocycles. The van der Waals surface area contributed by atoms with E-state index in [1.807, 2.05) is 0 Å². The van der Waals surface area contributed by atoms with Crippen LogP contribution in [0, 0.1) is 5.92 Å². The van der Waals surface area contributed by atoms with Crippen molar-refractivity contribution in [3.05, 3.63) is 40.2 Å². The van der Waals surface area contributed by atoms with Crippen molar-refractivity contribution in [2.24, 2.45) is 13.0 Å². The minimum absolute atomic E-state index is 0.0358. The fourth-order valence-corrected chi connectivity index (χ4v) is 5.94. The Kier molecular flexibility index (Phi) is 6.18. The predicted octanol–water partition coefficient (Wildman–Crippen LogP) is 1.87. The molecule has 2 heterocycles. The highest BCUT2D eigenvalue weighted by molar-refractivity contribution is 7.89. The van der Waals surface area contributed by atoms with E-state index in [9.17, 15) is 18.0 Å². The van der Waals surface area contributed by atoms with E-state index in [2.05, 4.69) is 12.2 Å². The summed E-state index contributed by atoms with van der Waals surface area (Å²) < 4.78 is 34.4. The number of amides is 1. The van der Waals surface area contributed by atoms with E-state index in [4.69, 9.17) is 4.74 Å². The fraction of sp³-hybridized carbons (Fsp3) is 0.545. The number of hydrogen-bond acceptors (Lipinski definition) is 5. The van der Waals surface area contributed by atoms with Crippen LogP contribution in [-0.2, 0) is 21.8 Å². The fourth-order valence-electron chi connectivity index (χ4n) is 4.51. The molecule has 1 aromatic carbocycles. The van der Waals surface area contributed by atoms with Gasteiger partial charge in [-0.05, 0) is 37.0 Å². The van der Waals surface area contributed by atoms with Crippen molar-refractivity contribution < 1.29 is 17.9 Å². The molecule has 1 N–H and O–H groups in total. The topological polar surface area (TPSA) is 97.7 Å². The van der Waals surface area contributed by atoms with Gasteiger partial charge in [0.2, 0.25) is 15.5 Å². The van der Waals surface area contributed by atoms with E-state index in [1.54, 1.807) is 17.7 Å². The summed E-state index contributed by atoms with van der Waals surface area (Å²) in [5.74, 6) is -0.0324. The Morgan fingerprint density at radius 1 is 1.16 bits per heavy atom. The normalized spacial score (nSPS) is 23.0. The zero-order chi connectivity index (χ0) is 22.2. The molecule has 0 spiro atoms. The van der Waals surface area contributed by atoms with Crippen molar-refractivity contribution in [2.75, 3.05) is 26.3 Å². The minimum Gasteiger partial charge on any atom is -0.379 e. The predicted molar refractivity (Wildman–Crippen MR) is 118 cm³/mol. The molecule has 1 aromatic heterocycles. The molecule has 0 bridgehead atoms. The molecule has 0 unspecified atom stereocenters. The molecular weight excluding hydrogens is 418 g/mol. The summed E-state index contributed by atoms with van der Waals surface area (Å²) in [5, 5.41) is 3.24. The number of aryl methyl sites for hydroxylation is 1. The van der Waals surface area contributed by atoms with Crippen LogP contribution in [0.1, 0.15) is 43.0 Å². The Morgan fingerprint density at radius 3 is 2.58 bits per heavy atom. The Balaban J connectivity index is 1.71. The van der Waals surface area contributed by atoms with Crippen LogP contribution in [0.4, 0.5) is 0 Å². The van der Waals surface area contributed by atoms with Gasteiger partial charge in [0.05, 0.1) is 23.6 Å². The highest BCUT2D eigenvalue weighted by atomic mass is 32.2. The quantitative estimate of drug-likeness (QED) is 0.772. The molecule has 1 amide bonds. The van der Waals surface area contributed by atoms with Crippen molar-refractivity contribution in [3.63, 3.8) is 0 Å². The second-order valence-electron chi connectivity index (χ2n) is 8.52. The van der Waals surface area contributed by atoms with Gasteiger partial charge < -0.3 is 14.6 Å². The number of carbonyl (C=O) groups is 1. The van der Waals surface area contributed by atoms with Crippen molar-refractivity contribution in [1.82, 2.24) is 14.2 Å². The number of carbonyl (C=O) groups excluding carboxylic acids is 1. The van der Waals surface area contributed by atoms with Crippen LogP contribution in [-0.4, -0.2) is 55.5 Å². The van der Waals surface area contributed by atoms with Gasteiger partial charge in [-0.1, -0.05) is 19.8 Å². The van der Waals surface area contributed by atoms with Gasteiger partial charge in [0.15, 0.2) is 0 Å². The number of ether oxygens (including phenoxy) is 1. The van der Waals surface area contributed by atoms with Gasteiger partial charge in [-0.3, -0.25) is 9.59 Å². The number of aromatic nitrogens is 1. The number of fused-ring (bicyclic) bond motifs is 1. The van der Waals surface area contributed by atoms with Crippen LogP contribution in [0.25, 0.3) is 10.9 Å². The molecule has 8 nitrogen and oxygen atoms in total. The Morgan fingerprint density at radius 2 is 1.87 bits per heavy atom. The van der Waals surface area contributed by atoms with Gasteiger partial charge in [-0.15, -0.1) is 0 Å². The van der Waals surface area contributed by atoms with Crippen LogP contribution in [0.3, 0.4) is 0 Å². The number of benzene rings is 1. The molecule has 4 rings (SSSR count). The average Bonchev–Trinajstić information content (AvgIpc) is 2.78. The standard InChI is InChI=1S/C22H29N3O5S/c1-15-5-3-4-6-19(15)23-22(27)18-14-24(2)20-8-7-16(13-17(20)21(18)26)31(28,29)25-9-11-30-12-10-25/h7-8,13-15,19H,3-6,9-12H2,1-2H3,(H,23,27)/t15-,19-/m1/s1. The zero-order valence-corrected chi connectivity index (χ0v) is 18.8. The lowest BCUT2D eigenvalue weighted by molar-refractivity contribution is 0.0730. The Hall–Kier alpha value is -2.23. The number of pyridine rings is 1. The Bertz CT molecular complexity index is 1150. The van der Waals surface area contributed by atoms with Gasteiger partial charge in [0.1, 0.15) is 5.56 Å². The van der Waals surface area contributed by atoms with Crippen molar-refractivity contribution >= 4 is 26.8 Å². The van der Waals surface area contributed by atoms with Gasteiger partial charge in [-0.25, -0.2) is 8.42 Å². The highest BCUT2D eigenvalue weighted by Gasteiger charge is 2.28. The summed E-state index contributed by atoms with van der Waals surface area (Å²) in [6.07, 6.45) is 5.72. The van der Waals surface area contributed by atoms with Gasteiger partial charge in [-0.2, -0.15) is 4.31 Å². The van der Waals surface area contributed by atoms with E-state index in [-0.39, 0.29) is 35.0 Å². The molecule has 2 aliphatic rings. The third kappa shape index (κ3) is 4.26. The first-order chi connectivity index (χ1) is 14.8. The van der Waals surface area contributed by atoms with E-state index < -0.39 is 21.4 Å². The van der Waals surface area contributed by atoms with Crippen LogP contribution < -0.4 is 10.7 Å². The van der Waals surface area contributed by atoms with Crippen LogP contribution >= 0.6 is 0 Å². The number of hydrogen-bond donors (Lipinski definition) is 1. The first-order valence-electron chi connectivity index (χ1n) is 10.8. The summed E-state index contributed by atoms with van der Waals surface area (Å²) >= 11 is 0. The maximum atomic E-state index is 13.2. The smallest absolute Gasteiger partial charge is 0.256 e. The lowest BCUT2D eigenvalue weighted by Crippen LogP contribution is -2.42. The minimum atomic E-state index is -3.74. The van der Waals surface area contributed by atoms with Gasteiger partial charge in [0.25, 0.3) is 5.91 Å². The van der Waals surface area contributed by atoms with Crippen LogP contribution in [0.5, 0.6) is 0 Å². The second-order valence-corrected chi connectivity index (χ2v) is 10.5. The summed E-state index contributed by atoms with van der Waals surface area (Å²) in [5.41, 5.74) is 0.162. The molecule has 9 heteroatoms. The van der Waals surface area contributed by atoms with Crippen molar-refractivity contribution in [1.29, 1.82) is 0 Å². The molecule has 1 aliphatic heterocycles. The maximum Gasteiger partial charge on any atom is 0.256 e. The van der Waals surface area contributed by atoms with E-state index >= 15 is 0 Å². The highest BCUT2D eigenvalue weighted by Crippen LogP contribution is 2.24. The number of rotatable bonds is 4.